The van der Waals surface area contributed by atoms with Gasteiger partial charge < -0.3 is 9.84 Å². The van der Waals surface area contributed by atoms with Gasteiger partial charge in [0.25, 0.3) is 0 Å². The smallest absolute Gasteiger partial charge is 0.303 e. The number of carbonyl (C=O) groups is 2. The number of halogens is 2. The van der Waals surface area contributed by atoms with Crippen molar-refractivity contribution in [1.82, 2.24) is 4.98 Å². The molecule has 0 saturated carbocycles. The summed E-state index contributed by atoms with van der Waals surface area (Å²) in [5.74, 6) is -0.596. The highest BCUT2D eigenvalue weighted by atomic mass is 35.5. The molecule has 1 atom stereocenters. The van der Waals surface area contributed by atoms with Gasteiger partial charge in [0.1, 0.15) is 10.8 Å². The zero-order valence-electron chi connectivity index (χ0n) is 14.1. The summed E-state index contributed by atoms with van der Waals surface area (Å²) < 4.78 is 5.60. The monoisotopic (exact) mass is 393 g/mol. The van der Waals surface area contributed by atoms with Crippen LogP contribution in [0.5, 0.6) is 5.75 Å². The van der Waals surface area contributed by atoms with Crippen LogP contribution >= 0.6 is 23.2 Å². The standard InChI is InChI=1S/C19H17Cl2NO4/c1-19(12-4-6-22-7-5-12)10-11-9-13(26-8-2-3-14(23)24)16(20)17(21)15(11)18(19)25/h4-7,9H,2-3,8,10H2,1H3,(H,23,24). The van der Waals surface area contributed by atoms with Gasteiger partial charge in [0, 0.05) is 24.4 Å². The van der Waals surface area contributed by atoms with Crippen LogP contribution in [-0.4, -0.2) is 28.4 Å². The second kappa shape index (κ2) is 7.25. The first kappa shape index (κ1) is 18.7. The molecule has 0 aliphatic heterocycles. The lowest BCUT2D eigenvalue weighted by molar-refractivity contribution is -0.137. The van der Waals surface area contributed by atoms with Crippen molar-refractivity contribution in [1.29, 1.82) is 0 Å². The molecule has 0 saturated heterocycles. The van der Waals surface area contributed by atoms with E-state index in [1.807, 2.05) is 19.1 Å². The van der Waals surface area contributed by atoms with Crippen LogP contribution in [0.3, 0.4) is 0 Å². The van der Waals surface area contributed by atoms with Gasteiger partial charge in [-0.2, -0.15) is 0 Å². The first-order valence-corrected chi connectivity index (χ1v) is 8.91. The highest BCUT2D eigenvalue weighted by Gasteiger charge is 2.45. The van der Waals surface area contributed by atoms with E-state index < -0.39 is 11.4 Å². The molecule has 0 radical (unpaired) electrons. The molecule has 0 spiro atoms. The molecule has 136 valence electrons. The molecule has 0 amide bonds. The first-order chi connectivity index (χ1) is 12.3. The maximum Gasteiger partial charge on any atom is 0.303 e. The highest BCUT2D eigenvalue weighted by molar-refractivity contribution is 6.45. The van der Waals surface area contributed by atoms with Crippen LogP contribution in [0.4, 0.5) is 0 Å². The van der Waals surface area contributed by atoms with Gasteiger partial charge in [-0.1, -0.05) is 23.2 Å². The summed E-state index contributed by atoms with van der Waals surface area (Å²) in [6.45, 7) is 2.08. The van der Waals surface area contributed by atoms with E-state index in [-0.39, 0.29) is 28.9 Å². The van der Waals surface area contributed by atoms with Gasteiger partial charge in [0.15, 0.2) is 5.78 Å². The Morgan fingerprint density at radius 3 is 2.65 bits per heavy atom. The van der Waals surface area contributed by atoms with Gasteiger partial charge in [-0.15, -0.1) is 0 Å². The van der Waals surface area contributed by atoms with Crippen LogP contribution < -0.4 is 4.74 Å². The summed E-state index contributed by atoms with van der Waals surface area (Å²) in [4.78, 5) is 27.7. The largest absolute Gasteiger partial charge is 0.492 e. The van der Waals surface area contributed by atoms with E-state index in [4.69, 9.17) is 33.0 Å². The van der Waals surface area contributed by atoms with Crippen molar-refractivity contribution in [2.45, 2.75) is 31.6 Å². The van der Waals surface area contributed by atoms with Crippen LogP contribution in [0.15, 0.2) is 30.6 Å². The zero-order valence-corrected chi connectivity index (χ0v) is 15.6. The Kier molecular flexibility index (Phi) is 5.21. The van der Waals surface area contributed by atoms with E-state index >= 15 is 0 Å². The van der Waals surface area contributed by atoms with Crippen LogP contribution in [-0.2, 0) is 16.6 Å². The summed E-state index contributed by atoms with van der Waals surface area (Å²) >= 11 is 12.7. The van der Waals surface area contributed by atoms with E-state index in [1.54, 1.807) is 18.5 Å². The summed E-state index contributed by atoms with van der Waals surface area (Å²) in [6.07, 6.45) is 4.15. The Hall–Kier alpha value is -2.11. The minimum absolute atomic E-state index is 0.00882. The van der Waals surface area contributed by atoms with E-state index in [0.29, 0.717) is 24.2 Å². The van der Waals surface area contributed by atoms with E-state index in [1.165, 1.54) is 0 Å². The average molecular weight is 394 g/mol. The SMILES string of the molecule is CC1(c2ccncc2)Cc2cc(OCCCC(=O)O)c(Cl)c(Cl)c2C1=O. The molecule has 3 rings (SSSR count). The molecule has 26 heavy (non-hydrogen) atoms. The Bertz CT molecular complexity index is 870. The minimum atomic E-state index is -0.884. The van der Waals surface area contributed by atoms with E-state index in [2.05, 4.69) is 4.98 Å². The number of ketones is 1. The molecular formula is C19H17Cl2NO4. The van der Waals surface area contributed by atoms with Crippen molar-refractivity contribution in [2.75, 3.05) is 6.61 Å². The molecule has 1 aliphatic rings. The maximum absolute atomic E-state index is 13.1. The summed E-state index contributed by atoms with van der Waals surface area (Å²) in [7, 11) is 0. The molecule has 1 N–H and O–H groups in total. The predicted octanol–water partition coefficient (Wildman–Crippen LogP) is 4.33. The van der Waals surface area contributed by atoms with Gasteiger partial charge in [-0.3, -0.25) is 14.6 Å². The number of carbonyl (C=O) groups excluding carboxylic acids is 1. The summed E-state index contributed by atoms with van der Waals surface area (Å²) in [6, 6.07) is 5.37. The van der Waals surface area contributed by atoms with Crippen molar-refractivity contribution in [3.63, 3.8) is 0 Å². The number of fused-ring (bicyclic) bond motifs is 1. The molecule has 1 aromatic heterocycles. The number of hydrogen-bond donors (Lipinski definition) is 1. The fourth-order valence-corrected chi connectivity index (χ4v) is 3.74. The number of hydrogen-bond acceptors (Lipinski definition) is 4. The lowest BCUT2D eigenvalue weighted by atomic mass is 9.79. The Morgan fingerprint density at radius 2 is 2.00 bits per heavy atom. The number of pyridine rings is 1. The number of Topliss-reactive ketones (excluding diaryl/α,β-unsaturated/α-hetero) is 1. The molecule has 7 heteroatoms. The number of carboxylic acids is 1. The topological polar surface area (TPSA) is 76.5 Å². The third kappa shape index (κ3) is 3.29. The molecule has 1 aliphatic carbocycles. The lowest BCUT2D eigenvalue weighted by Gasteiger charge is -2.22. The number of rotatable bonds is 6. The zero-order chi connectivity index (χ0) is 18.9. The molecular weight excluding hydrogens is 377 g/mol. The normalized spacial score (nSPS) is 18.7. The Balaban J connectivity index is 1.90. The van der Waals surface area contributed by atoms with E-state index in [0.717, 1.165) is 11.1 Å². The highest BCUT2D eigenvalue weighted by Crippen LogP contribution is 2.47. The predicted molar refractivity (Wildman–Crippen MR) is 98.5 cm³/mol. The van der Waals surface area contributed by atoms with Gasteiger partial charge in [0.05, 0.1) is 17.0 Å². The van der Waals surface area contributed by atoms with Crippen molar-refractivity contribution >= 4 is 35.0 Å². The third-order valence-electron chi connectivity index (χ3n) is 4.64. The van der Waals surface area contributed by atoms with Crippen molar-refractivity contribution in [2.24, 2.45) is 0 Å². The number of carboxylic acid groups (broad SMARTS) is 1. The molecule has 0 bridgehead atoms. The van der Waals surface area contributed by atoms with Crippen LogP contribution in [0, 0.1) is 0 Å². The molecule has 1 heterocycles. The quantitative estimate of drug-likeness (QED) is 0.739. The Labute approximate surface area is 160 Å². The van der Waals surface area contributed by atoms with Crippen molar-refractivity contribution < 1.29 is 19.4 Å². The molecule has 1 unspecified atom stereocenters. The fourth-order valence-electron chi connectivity index (χ4n) is 3.24. The fraction of sp³-hybridized carbons (Fsp3) is 0.316. The average Bonchev–Trinajstić information content (AvgIpc) is 2.88. The molecule has 0 fully saturated rings. The van der Waals surface area contributed by atoms with Crippen molar-refractivity contribution in [3.05, 3.63) is 57.3 Å². The molecule has 5 nitrogen and oxygen atoms in total. The number of aromatic nitrogens is 1. The second-order valence-corrected chi connectivity index (χ2v) is 7.21. The molecule has 2 aromatic rings. The van der Waals surface area contributed by atoms with Crippen LogP contribution in [0.25, 0.3) is 0 Å². The van der Waals surface area contributed by atoms with E-state index in [9.17, 15) is 9.59 Å². The lowest BCUT2D eigenvalue weighted by Crippen LogP contribution is -2.29. The molecule has 1 aromatic carbocycles. The Morgan fingerprint density at radius 1 is 1.31 bits per heavy atom. The number of benzene rings is 1. The van der Waals surface area contributed by atoms with Gasteiger partial charge in [-0.05, 0) is 49.1 Å². The first-order valence-electron chi connectivity index (χ1n) is 8.15. The minimum Gasteiger partial charge on any atom is -0.492 e. The van der Waals surface area contributed by atoms with Gasteiger partial charge in [0.2, 0.25) is 0 Å². The van der Waals surface area contributed by atoms with Gasteiger partial charge in [-0.25, -0.2) is 0 Å². The maximum atomic E-state index is 13.1. The summed E-state index contributed by atoms with van der Waals surface area (Å²) in [5, 5.41) is 9.04. The third-order valence-corrected chi connectivity index (χ3v) is 5.49. The number of nitrogens with zero attached hydrogens (tertiary/aromatic N) is 1. The number of aliphatic carboxylic acids is 1. The van der Waals surface area contributed by atoms with Crippen LogP contribution in [0.2, 0.25) is 10.0 Å². The van der Waals surface area contributed by atoms with Crippen molar-refractivity contribution in [3.8, 4) is 5.75 Å². The second-order valence-electron chi connectivity index (χ2n) is 6.46. The van der Waals surface area contributed by atoms with Crippen LogP contribution in [0.1, 0.15) is 41.3 Å². The summed E-state index contributed by atoms with van der Waals surface area (Å²) in [5.41, 5.74) is 1.33. The number of ether oxygens (including phenoxy) is 1. The van der Waals surface area contributed by atoms with Gasteiger partial charge >= 0.3 is 5.97 Å².